The lowest BCUT2D eigenvalue weighted by Gasteiger charge is -2.29. The lowest BCUT2D eigenvalue weighted by atomic mass is 9.95. The Kier molecular flexibility index (Phi) is 6.33. The standard InChI is InChI=1S/C21H25N3O3S.ClH/c1-15(25)24-11-5-8-17-9-10-18(12-21(17)24)28(26,27)23-13-19(20(22)14-23)16-6-3-2-4-7-16;/h2-4,6-7,9-10,12,19-20H,5,8,11,13-14,22H2,1H3;1H/t19-,20+;/m0./s1. The molecular formula is C21H26ClN3O3S. The highest BCUT2D eigenvalue weighted by molar-refractivity contribution is 7.89. The molecule has 0 bridgehead atoms. The van der Waals surface area contributed by atoms with Crippen LogP contribution in [0.15, 0.2) is 53.4 Å². The Morgan fingerprint density at radius 2 is 1.83 bits per heavy atom. The molecule has 2 heterocycles. The van der Waals surface area contributed by atoms with Crippen molar-refractivity contribution in [3.05, 3.63) is 59.7 Å². The van der Waals surface area contributed by atoms with E-state index in [0.717, 1.165) is 24.0 Å². The highest BCUT2D eigenvalue weighted by Crippen LogP contribution is 2.34. The van der Waals surface area contributed by atoms with E-state index in [1.54, 1.807) is 17.0 Å². The van der Waals surface area contributed by atoms with Gasteiger partial charge in [-0.3, -0.25) is 4.79 Å². The highest BCUT2D eigenvalue weighted by atomic mass is 35.5. The molecule has 0 spiro atoms. The topological polar surface area (TPSA) is 83.7 Å². The van der Waals surface area contributed by atoms with Gasteiger partial charge < -0.3 is 10.6 Å². The maximum Gasteiger partial charge on any atom is 0.243 e. The van der Waals surface area contributed by atoms with Crippen molar-refractivity contribution in [3.8, 4) is 0 Å². The van der Waals surface area contributed by atoms with Gasteiger partial charge in [-0.15, -0.1) is 12.4 Å². The monoisotopic (exact) mass is 435 g/mol. The van der Waals surface area contributed by atoms with Crippen LogP contribution in [0.4, 0.5) is 5.69 Å². The highest BCUT2D eigenvalue weighted by Gasteiger charge is 2.38. The third kappa shape index (κ3) is 4.05. The maximum atomic E-state index is 13.3. The summed E-state index contributed by atoms with van der Waals surface area (Å²) in [6.45, 7) is 2.78. The number of nitrogens with zero attached hydrogens (tertiary/aromatic N) is 2. The number of anilines is 1. The van der Waals surface area contributed by atoms with Crippen molar-refractivity contribution in [1.29, 1.82) is 0 Å². The van der Waals surface area contributed by atoms with Crippen LogP contribution in [0.25, 0.3) is 0 Å². The lowest BCUT2D eigenvalue weighted by molar-refractivity contribution is -0.116. The van der Waals surface area contributed by atoms with Crippen LogP contribution in [0, 0.1) is 0 Å². The van der Waals surface area contributed by atoms with Crippen molar-refractivity contribution in [1.82, 2.24) is 4.31 Å². The molecule has 1 amide bonds. The van der Waals surface area contributed by atoms with Gasteiger partial charge in [0.2, 0.25) is 15.9 Å². The van der Waals surface area contributed by atoms with Gasteiger partial charge in [0, 0.05) is 44.2 Å². The summed E-state index contributed by atoms with van der Waals surface area (Å²) in [5.41, 5.74) is 9.07. The molecule has 2 N–H and O–H groups in total. The van der Waals surface area contributed by atoms with Gasteiger partial charge in [0.15, 0.2) is 0 Å². The van der Waals surface area contributed by atoms with E-state index < -0.39 is 10.0 Å². The van der Waals surface area contributed by atoms with Gasteiger partial charge in [0.25, 0.3) is 0 Å². The molecule has 0 radical (unpaired) electrons. The van der Waals surface area contributed by atoms with Crippen LogP contribution in [0.5, 0.6) is 0 Å². The molecule has 0 saturated carbocycles. The number of carbonyl (C=O) groups excluding carboxylic acids is 1. The molecule has 4 rings (SSSR count). The normalized spacial score (nSPS) is 22.1. The van der Waals surface area contributed by atoms with Gasteiger partial charge in [-0.05, 0) is 36.1 Å². The minimum absolute atomic E-state index is 0. The number of amides is 1. The van der Waals surface area contributed by atoms with Gasteiger partial charge >= 0.3 is 0 Å². The van der Waals surface area contributed by atoms with Crippen LogP contribution >= 0.6 is 12.4 Å². The van der Waals surface area contributed by atoms with Gasteiger partial charge in [-0.1, -0.05) is 36.4 Å². The van der Waals surface area contributed by atoms with Gasteiger partial charge in [0.1, 0.15) is 0 Å². The molecule has 6 nitrogen and oxygen atoms in total. The maximum absolute atomic E-state index is 13.3. The predicted octanol–water partition coefficient (Wildman–Crippen LogP) is 2.52. The molecule has 1 fully saturated rings. The summed E-state index contributed by atoms with van der Waals surface area (Å²) in [4.78, 5) is 13.9. The molecule has 0 unspecified atom stereocenters. The van der Waals surface area contributed by atoms with E-state index in [-0.39, 0.29) is 41.7 Å². The summed E-state index contributed by atoms with van der Waals surface area (Å²) in [5, 5.41) is 0. The Morgan fingerprint density at radius 1 is 1.10 bits per heavy atom. The van der Waals surface area contributed by atoms with Crippen LogP contribution in [0.2, 0.25) is 0 Å². The van der Waals surface area contributed by atoms with E-state index in [0.29, 0.717) is 18.8 Å². The minimum atomic E-state index is -3.68. The Morgan fingerprint density at radius 3 is 2.52 bits per heavy atom. The molecule has 8 heteroatoms. The molecule has 156 valence electrons. The summed E-state index contributed by atoms with van der Waals surface area (Å²) >= 11 is 0. The van der Waals surface area contributed by atoms with Crippen molar-refractivity contribution in [2.75, 3.05) is 24.5 Å². The van der Waals surface area contributed by atoms with Gasteiger partial charge in [0.05, 0.1) is 4.90 Å². The first-order valence-corrected chi connectivity index (χ1v) is 11.0. The molecule has 0 aromatic heterocycles. The van der Waals surface area contributed by atoms with Crippen LogP contribution in [-0.4, -0.2) is 44.3 Å². The molecule has 2 aliphatic rings. The fourth-order valence-corrected chi connectivity index (χ4v) is 5.76. The molecule has 2 aromatic carbocycles. The summed E-state index contributed by atoms with van der Waals surface area (Å²) in [6.07, 6.45) is 1.74. The predicted molar refractivity (Wildman–Crippen MR) is 116 cm³/mol. The summed E-state index contributed by atoms with van der Waals surface area (Å²) in [7, 11) is -3.68. The number of fused-ring (bicyclic) bond motifs is 1. The SMILES string of the molecule is CC(=O)N1CCCc2ccc(S(=O)(=O)N3C[C@@H](N)[C@H](c4ccccc4)C3)cc21.Cl. The van der Waals surface area contributed by atoms with Crippen molar-refractivity contribution >= 4 is 34.0 Å². The number of aryl methyl sites for hydroxylation is 1. The van der Waals surface area contributed by atoms with Crippen molar-refractivity contribution < 1.29 is 13.2 Å². The second kappa shape index (κ2) is 8.44. The average molecular weight is 436 g/mol. The number of hydrogen-bond acceptors (Lipinski definition) is 4. The molecule has 2 aromatic rings. The Labute approximate surface area is 178 Å². The van der Waals surface area contributed by atoms with E-state index in [4.69, 9.17) is 5.73 Å². The zero-order valence-corrected chi connectivity index (χ0v) is 18.0. The zero-order chi connectivity index (χ0) is 19.9. The van der Waals surface area contributed by atoms with Crippen molar-refractivity contribution in [2.45, 2.75) is 36.6 Å². The Hall–Kier alpha value is -1.93. The molecule has 0 aliphatic carbocycles. The van der Waals surface area contributed by atoms with E-state index in [2.05, 4.69) is 0 Å². The second-order valence-electron chi connectivity index (χ2n) is 7.57. The molecule has 2 aliphatic heterocycles. The number of hydrogen-bond donors (Lipinski definition) is 1. The summed E-state index contributed by atoms with van der Waals surface area (Å²) in [6, 6.07) is 14.7. The van der Waals surface area contributed by atoms with E-state index in [1.165, 1.54) is 11.2 Å². The first-order chi connectivity index (χ1) is 13.4. The smallest absolute Gasteiger partial charge is 0.243 e. The lowest BCUT2D eigenvalue weighted by Crippen LogP contribution is -2.35. The number of halogens is 1. The first kappa shape index (κ1) is 21.8. The van der Waals surface area contributed by atoms with E-state index in [9.17, 15) is 13.2 Å². The quantitative estimate of drug-likeness (QED) is 0.802. The number of nitrogens with two attached hydrogens (primary N) is 1. The van der Waals surface area contributed by atoms with Gasteiger partial charge in [-0.2, -0.15) is 4.31 Å². The third-order valence-electron chi connectivity index (χ3n) is 5.75. The largest absolute Gasteiger partial charge is 0.326 e. The van der Waals surface area contributed by atoms with Gasteiger partial charge in [-0.25, -0.2) is 8.42 Å². The average Bonchev–Trinajstić information content (AvgIpc) is 3.10. The first-order valence-electron chi connectivity index (χ1n) is 9.59. The van der Waals surface area contributed by atoms with Crippen LogP contribution in [0.3, 0.4) is 0 Å². The number of sulfonamides is 1. The number of rotatable bonds is 3. The van der Waals surface area contributed by atoms with Crippen LogP contribution < -0.4 is 10.6 Å². The summed E-state index contributed by atoms with van der Waals surface area (Å²) in [5.74, 6) is -0.0924. The summed E-state index contributed by atoms with van der Waals surface area (Å²) < 4.78 is 28.0. The fraction of sp³-hybridized carbons (Fsp3) is 0.381. The Bertz CT molecular complexity index is 997. The number of carbonyl (C=O) groups is 1. The fourth-order valence-electron chi connectivity index (χ4n) is 4.23. The van der Waals surface area contributed by atoms with Crippen LogP contribution in [0.1, 0.15) is 30.4 Å². The van der Waals surface area contributed by atoms with Crippen molar-refractivity contribution in [2.24, 2.45) is 5.73 Å². The van der Waals surface area contributed by atoms with E-state index >= 15 is 0 Å². The minimum Gasteiger partial charge on any atom is -0.326 e. The molecule has 1 saturated heterocycles. The molecule has 29 heavy (non-hydrogen) atoms. The van der Waals surface area contributed by atoms with Crippen molar-refractivity contribution in [3.63, 3.8) is 0 Å². The van der Waals surface area contributed by atoms with E-state index in [1.807, 2.05) is 36.4 Å². The molecule has 2 atom stereocenters. The third-order valence-corrected chi connectivity index (χ3v) is 7.58. The second-order valence-corrected chi connectivity index (χ2v) is 9.51. The van der Waals surface area contributed by atoms with Crippen LogP contribution in [-0.2, 0) is 21.2 Å². The number of benzene rings is 2. The Balaban J connectivity index is 0.00000240. The molecular weight excluding hydrogens is 410 g/mol. The zero-order valence-electron chi connectivity index (χ0n) is 16.3.